The molecular formula is C17H22ClNO2. The summed E-state index contributed by atoms with van der Waals surface area (Å²) in [6.07, 6.45) is 3.46. The number of halogens is 1. The highest BCUT2D eigenvalue weighted by atomic mass is 35.5. The number of benzene rings is 2. The van der Waals surface area contributed by atoms with Gasteiger partial charge in [0.05, 0.1) is 0 Å². The molecular weight excluding hydrogens is 286 g/mol. The zero-order valence-corrected chi connectivity index (χ0v) is 13.1. The van der Waals surface area contributed by atoms with Crippen LogP contribution in [0.1, 0.15) is 25.3 Å². The molecule has 0 bridgehead atoms. The molecule has 1 unspecified atom stereocenters. The third kappa shape index (κ3) is 3.09. The van der Waals surface area contributed by atoms with Crippen molar-refractivity contribution in [3.05, 3.63) is 35.9 Å². The van der Waals surface area contributed by atoms with Crippen molar-refractivity contribution < 1.29 is 10.2 Å². The maximum atomic E-state index is 10.1. The minimum absolute atomic E-state index is 0. The topological polar surface area (TPSA) is 43.7 Å². The number of aromatic hydroxyl groups is 2. The molecule has 0 amide bonds. The molecule has 1 heterocycles. The molecule has 2 N–H and O–H groups in total. The van der Waals surface area contributed by atoms with Gasteiger partial charge in [-0.25, -0.2) is 0 Å². The maximum absolute atomic E-state index is 10.1. The van der Waals surface area contributed by atoms with Gasteiger partial charge in [0.25, 0.3) is 0 Å². The third-order valence-electron chi connectivity index (χ3n) is 4.36. The van der Waals surface area contributed by atoms with Gasteiger partial charge in [-0.15, -0.1) is 12.4 Å². The quantitative estimate of drug-likeness (QED) is 0.908. The summed E-state index contributed by atoms with van der Waals surface area (Å²) in [7, 11) is 0. The van der Waals surface area contributed by atoms with Gasteiger partial charge in [0, 0.05) is 16.8 Å². The molecule has 0 aromatic heterocycles. The molecule has 114 valence electrons. The Balaban J connectivity index is 0.00000161. The van der Waals surface area contributed by atoms with Crippen molar-refractivity contribution in [2.45, 2.75) is 32.2 Å². The normalized spacial score (nSPS) is 16.8. The van der Waals surface area contributed by atoms with E-state index < -0.39 is 0 Å². The lowest BCUT2D eigenvalue weighted by Crippen LogP contribution is -2.31. The van der Waals surface area contributed by atoms with Crippen molar-refractivity contribution in [3.8, 4) is 11.5 Å². The molecule has 1 fully saturated rings. The molecule has 3 rings (SSSR count). The Hall–Kier alpha value is -1.45. The maximum Gasteiger partial charge on any atom is 0.123 e. The molecule has 0 spiro atoms. The van der Waals surface area contributed by atoms with E-state index in [1.807, 2.05) is 12.1 Å². The van der Waals surface area contributed by atoms with Crippen molar-refractivity contribution in [1.82, 2.24) is 4.90 Å². The highest BCUT2D eigenvalue weighted by Gasteiger charge is 2.20. The summed E-state index contributed by atoms with van der Waals surface area (Å²) in [6.45, 7) is 4.58. The van der Waals surface area contributed by atoms with E-state index in [9.17, 15) is 10.2 Å². The number of phenolic OH excluding ortho intramolecular Hbond substituents is 2. The van der Waals surface area contributed by atoms with Crippen molar-refractivity contribution in [3.63, 3.8) is 0 Å². The second-order valence-corrected chi connectivity index (χ2v) is 5.74. The largest absolute Gasteiger partial charge is 0.507 e. The van der Waals surface area contributed by atoms with Gasteiger partial charge in [-0.05, 0) is 57.0 Å². The fraction of sp³-hybridized carbons (Fsp3) is 0.412. The molecule has 0 aliphatic carbocycles. The Bertz CT molecular complexity index is 623. The van der Waals surface area contributed by atoms with E-state index in [0.717, 1.165) is 22.8 Å². The van der Waals surface area contributed by atoms with Gasteiger partial charge in [0.2, 0.25) is 0 Å². The first-order chi connectivity index (χ1) is 9.66. The van der Waals surface area contributed by atoms with Gasteiger partial charge < -0.3 is 15.1 Å². The average molecular weight is 308 g/mol. The first kappa shape index (κ1) is 15.9. The van der Waals surface area contributed by atoms with Crippen molar-refractivity contribution in [1.29, 1.82) is 0 Å². The number of hydrogen-bond acceptors (Lipinski definition) is 3. The van der Waals surface area contributed by atoms with Crippen LogP contribution >= 0.6 is 12.4 Å². The number of nitrogens with zero attached hydrogens (tertiary/aromatic N) is 1. The lowest BCUT2D eigenvalue weighted by Gasteiger charge is -2.24. The van der Waals surface area contributed by atoms with Crippen LogP contribution in [0.3, 0.4) is 0 Å². The predicted octanol–water partition coefficient (Wildman–Crippen LogP) is 3.70. The van der Waals surface area contributed by atoms with Gasteiger partial charge in [-0.3, -0.25) is 0 Å². The van der Waals surface area contributed by atoms with E-state index in [2.05, 4.69) is 11.8 Å². The molecule has 2 aromatic rings. The lowest BCUT2D eigenvalue weighted by molar-refractivity contribution is 0.258. The van der Waals surface area contributed by atoms with Gasteiger partial charge in [0.1, 0.15) is 11.5 Å². The van der Waals surface area contributed by atoms with Crippen LogP contribution in [-0.2, 0) is 6.42 Å². The third-order valence-corrected chi connectivity index (χ3v) is 4.36. The Morgan fingerprint density at radius 2 is 1.76 bits per heavy atom. The summed E-state index contributed by atoms with van der Waals surface area (Å²) in [4.78, 5) is 2.50. The second kappa shape index (κ2) is 6.54. The molecule has 2 aromatic carbocycles. The number of rotatable bonds is 3. The Kier molecular flexibility index (Phi) is 4.96. The van der Waals surface area contributed by atoms with Crippen molar-refractivity contribution >= 4 is 23.2 Å². The second-order valence-electron chi connectivity index (χ2n) is 5.74. The highest BCUT2D eigenvalue weighted by Crippen LogP contribution is 2.34. The van der Waals surface area contributed by atoms with Crippen molar-refractivity contribution in [2.24, 2.45) is 0 Å². The summed E-state index contributed by atoms with van der Waals surface area (Å²) in [6, 6.07) is 9.44. The summed E-state index contributed by atoms with van der Waals surface area (Å²) in [5.74, 6) is 0.482. The summed E-state index contributed by atoms with van der Waals surface area (Å²) in [5.41, 5.74) is 1.11. The Morgan fingerprint density at radius 1 is 1.05 bits per heavy atom. The molecule has 3 nitrogen and oxygen atoms in total. The summed E-state index contributed by atoms with van der Waals surface area (Å²) >= 11 is 0. The van der Waals surface area contributed by atoms with Crippen LogP contribution in [0.25, 0.3) is 10.8 Å². The minimum Gasteiger partial charge on any atom is -0.507 e. The Morgan fingerprint density at radius 3 is 2.48 bits per heavy atom. The zero-order chi connectivity index (χ0) is 14.1. The van der Waals surface area contributed by atoms with E-state index in [4.69, 9.17) is 0 Å². The molecule has 4 heteroatoms. The SMILES string of the molecule is CC(Cc1ccc(O)c2cccc(O)c12)N1CCCC1.Cl. The standard InChI is InChI=1S/C17H21NO2.ClH/c1-12(18-9-2-3-10-18)11-13-7-8-15(19)14-5-4-6-16(20)17(13)14;/h4-8,12,19-20H,2-3,9-11H2,1H3;1H. The van der Waals surface area contributed by atoms with Gasteiger partial charge in [-0.2, -0.15) is 0 Å². The van der Waals surface area contributed by atoms with Gasteiger partial charge in [0.15, 0.2) is 0 Å². The molecule has 1 aliphatic rings. The first-order valence-corrected chi connectivity index (χ1v) is 7.33. The van der Waals surface area contributed by atoms with Crippen LogP contribution < -0.4 is 0 Å². The summed E-state index contributed by atoms with van der Waals surface area (Å²) in [5, 5.41) is 21.6. The van der Waals surface area contributed by atoms with Crippen molar-refractivity contribution in [2.75, 3.05) is 13.1 Å². The molecule has 1 aliphatic heterocycles. The zero-order valence-electron chi connectivity index (χ0n) is 12.2. The molecule has 0 radical (unpaired) electrons. The Labute approximate surface area is 131 Å². The van der Waals surface area contributed by atoms with Crippen LogP contribution in [0.15, 0.2) is 30.3 Å². The van der Waals surface area contributed by atoms with E-state index in [1.54, 1.807) is 18.2 Å². The highest BCUT2D eigenvalue weighted by molar-refractivity contribution is 5.95. The predicted molar refractivity (Wildman–Crippen MR) is 88.5 cm³/mol. The first-order valence-electron chi connectivity index (χ1n) is 7.33. The smallest absolute Gasteiger partial charge is 0.123 e. The van der Waals surface area contributed by atoms with Crippen LogP contribution in [-0.4, -0.2) is 34.2 Å². The number of phenols is 2. The average Bonchev–Trinajstić information content (AvgIpc) is 2.96. The van der Waals surface area contributed by atoms with Crippen LogP contribution in [0.5, 0.6) is 11.5 Å². The van der Waals surface area contributed by atoms with E-state index in [0.29, 0.717) is 6.04 Å². The molecule has 1 atom stereocenters. The monoisotopic (exact) mass is 307 g/mol. The van der Waals surface area contributed by atoms with E-state index >= 15 is 0 Å². The minimum atomic E-state index is 0. The fourth-order valence-electron chi connectivity index (χ4n) is 3.24. The van der Waals surface area contributed by atoms with Crippen LogP contribution in [0, 0.1) is 0 Å². The fourth-order valence-corrected chi connectivity index (χ4v) is 3.24. The molecule has 1 saturated heterocycles. The number of likely N-dealkylation sites (tertiary alicyclic amines) is 1. The lowest BCUT2D eigenvalue weighted by atomic mass is 9.97. The van der Waals surface area contributed by atoms with E-state index in [1.165, 1.54) is 25.9 Å². The van der Waals surface area contributed by atoms with Crippen LogP contribution in [0.2, 0.25) is 0 Å². The van der Waals surface area contributed by atoms with Gasteiger partial charge >= 0.3 is 0 Å². The molecule has 21 heavy (non-hydrogen) atoms. The van der Waals surface area contributed by atoms with E-state index in [-0.39, 0.29) is 23.9 Å². The van der Waals surface area contributed by atoms with Crippen LogP contribution in [0.4, 0.5) is 0 Å². The number of hydrogen-bond donors (Lipinski definition) is 2. The van der Waals surface area contributed by atoms with Gasteiger partial charge in [-0.1, -0.05) is 18.2 Å². The summed E-state index contributed by atoms with van der Waals surface area (Å²) < 4.78 is 0. The molecule has 0 saturated carbocycles. The number of fused-ring (bicyclic) bond motifs is 1.